The van der Waals surface area contributed by atoms with Crippen LogP contribution in [0.5, 0.6) is 0 Å². The van der Waals surface area contributed by atoms with E-state index in [1.807, 2.05) is 25.1 Å². The summed E-state index contributed by atoms with van der Waals surface area (Å²) in [6, 6.07) is 10.2. The lowest BCUT2D eigenvalue weighted by Crippen LogP contribution is -2.13. The number of rotatable bonds is 13. The molecular formula is C25H38N2O. The second kappa shape index (κ2) is 11.7. The summed E-state index contributed by atoms with van der Waals surface area (Å²) in [6.07, 6.45) is 12.8. The molecule has 1 aromatic carbocycles. The SMILES string of the molecule is CCCCCCCCCCCn1c(C)c(C(N)=O)c(-c2ccccc2)c1CC. The highest BCUT2D eigenvalue weighted by Gasteiger charge is 2.23. The van der Waals surface area contributed by atoms with Crippen molar-refractivity contribution in [3.05, 3.63) is 47.3 Å². The van der Waals surface area contributed by atoms with E-state index in [1.54, 1.807) is 0 Å². The van der Waals surface area contributed by atoms with Crippen molar-refractivity contribution < 1.29 is 4.79 Å². The summed E-state index contributed by atoms with van der Waals surface area (Å²) in [7, 11) is 0. The van der Waals surface area contributed by atoms with Crippen LogP contribution in [0.1, 0.15) is 93.4 Å². The molecule has 2 aromatic rings. The lowest BCUT2D eigenvalue weighted by molar-refractivity contribution is 0.1000. The number of benzene rings is 1. The summed E-state index contributed by atoms with van der Waals surface area (Å²) in [5.41, 5.74) is 10.8. The van der Waals surface area contributed by atoms with Gasteiger partial charge < -0.3 is 10.3 Å². The zero-order valence-electron chi connectivity index (χ0n) is 18.1. The molecule has 0 saturated carbocycles. The van der Waals surface area contributed by atoms with Gasteiger partial charge in [0.05, 0.1) is 5.56 Å². The average molecular weight is 383 g/mol. The van der Waals surface area contributed by atoms with Crippen molar-refractivity contribution in [2.75, 3.05) is 0 Å². The second-order valence-corrected chi connectivity index (χ2v) is 7.85. The van der Waals surface area contributed by atoms with Crippen molar-refractivity contribution in [1.82, 2.24) is 4.57 Å². The summed E-state index contributed by atoms with van der Waals surface area (Å²) in [4.78, 5) is 12.2. The highest BCUT2D eigenvalue weighted by atomic mass is 16.1. The first kappa shape index (κ1) is 22.3. The quantitative estimate of drug-likeness (QED) is 0.387. The summed E-state index contributed by atoms with van der Waals surface area (Å²) < 4.78 is 2.34. The standard InChI is InChI=1S/C25H38N2O/c1-4-6-7-8-9-10-11-12-16-19-27-20(3)23(25(26)28)24(22(27)5-2)21-17-14-13-15-18-21/h13-15,17-18H,4-12,16,19H2,1-3H3,(H2,26,28). The molecule has 1 heterocycles. The van der Waals surface area contributed by atoms with E-state index in [2.05, 4.69) is 30.5 Å². The van der Waals surface area contributed by atoms with Gasteiger partial charge in [-0.2, -0.15) is 0 Å². The minimum absolute atomic E-state index is 0.322. The fourth-order valence-corrected chi connectivity index (χ4v) is 4.27. The first-order valence-corrected chi connectivity index (χ1v) is 11.2. The maximum atomic E-state index is 12.2. The van der Waals surface area contributed by atoms with Crippen LogP contribution in [0.4, 0.5) is 0 Å². The number of hydrogen-bond acceptors (Lipinski definition) is 1. The second-order valence-electron chi connectivity index (χ2n) is 7.85. The Kier molecular flexibility index (Phi) is 9.33. The number of unbranched alkanes of at least 4 members (excludes halogenated alkanes) is 8. The van der Waals surface area contributed by atoms with Crippen LogP contribution in [-0.4, -0.2) is 10.5 Å². The molecular weight excluding hydrogens is 344 g/mol. The Balaban J connectivity index is 2.04. The molecule has 0 saturated heterocycles. The Morgan fingerprint density at radius 1 is 0.893 bits per heavy atom. The van der Waals surface area contributed by atoms with Crippen molar-refractivity contribution in [1.29, 1.82) is 0 Å². The Bertz CT molecular complexity index is 731. The van der Waals surface area contributed by atoms with E-state index < -0.39 is 0 Å². The summed E-state index contributed by atoms with van der Waals surface area (Å²) in [5, 5.41) is 0. The van der Waals surface area contributed by atoms with E-state index in [0.717, 1.165) is 36.2 Å². The largest absolute Gasteiger partial charge is 0.366 e. The number of nitrogens with zero attached hydrogens (tertiary/aromatic N) is 1. The Morgan fingerprint density at radius 2 is 1.46 bits per heavy atom. The van der Waals surface area contributed by atoms with Crippen LogP contribution in [0, 0.1) is 6.92 Å². The molecule has 2 N–H and O–H groups in total. The van der Waals surface area contributed by atoms with Crippen LogP contribution >= 0.6 is 0 Å². The molecule has 0 aliphatic carbocycles. The van der Waals surface area contributed by atoms with Crippen LogP contribution in [-0.2, 0) is 13.0 Å². The molecule has 2 rings (SSSR count). The van der Waals surface area contributed by atoms with Gasteiger partial charge in [-0.05, 0) is 25.3 Å². The maximum Gasteiger partial charge on any atom is 0.251 e. The monoisotopic (exact) mass is 382 g/mol. The number of carbonyl (C=O) groups excluding carboxylic acids is 1. The van der Waals surface area contributed by atoms with Gasteiger partial charge in [-0.3, -0.25) is 4.79 Å². The fourth-order valence-electron chi connectivity index (χ4n) is 4.27. The van der Waals surface area contributed by atoms with Gasteiger partial charge in [-0.15, -0.1) is 0 Å². The van der Waals surface area contributed by atoms with Crippen LogP contribution in [0.2, 0.25) is 0 Å². The fraction of sp³-hybridized carbons (Fsp3) is 0.560. The topological polar surface area (TPSA) is 48.0 Å². The van der Waals surface area contributed by atoms with Crippen molar-refractivity contribution in [2.45, 2.75) is 91.5 Å². The zero-order chi connectivity index (χ0) is 20.4. The number of primary amides is 1. The molecule has 0 atom stereocenters. The van der Waals surface area contributed by atoms with Crippen molar-refractivity contribution in [3.63, 3.8) is 0 Å². The van der Waals surface area contributed by atoms with Gasteiger partial charge in [0.15, 0.2) is 0 Å². The first-order valence-electron chi connectivity index (χ1n) is 11.2. The predicted molar refractivity (Wildman–Crippen MR) is 120 cm³/mol. The van der Waals surface area contributed by atoms with E-state index in [4.69, 9.17) is 5.73 Å². The van der Waals surface area contributed by atoms with E-state index in [1.165, 1.54) is 57.1 Å². The third-order valence-corrected chi connectivity index (χ3v) is 5.76. The van der Waals surface area contributed by atoms with Crippen molar-refractivity contribution in [3.8, 4) is 11.1 Å². The molecule has 0 bridgehead atoms. The minimum Gasteiger partial charge on any atom is -0.366 e. The van der Waals surface area contributed by atoms with Crippen molar-refractivity contribution >= 4 is 5.91 Å². The van der Waals surface area contributed by atoms with Crippen LogP contribution in [0.15, 0.2) is 30.3 Å². The molecule has 1 amide bonds. The average Bonchev–Trinajstić information content (AvgIpc) is 2.99. The summed E-state index contributed by atoms with van der Waals surface area (Å²) >= 11 is 0. The Labute approximate surface area is 171 Å². The molecule has 0 aliphatic heterocycles. The molecule has 0 fully saturated rings. The number of nitrogens with two attached hydrogens (primary N) is 1. The molecule has 1 aromatic heterocycles. The van der Waals surface area contributed by atoms with Gasteiger partial charge in [-0.25, -0.2) is 0 Å². The lowest BCUT2D eigenvalue weighted by atomic mass is 9.99. The molecule has 0 unspecified atom stereocenters. The molecule has 0 aliphatic rings. The third kappa shape index (κ3) is 5.73. The Morgan fingerprint density at radius 3 is 2.00 bits per heavy atom. The zero-order valence-corrected chi connectivity index (χ0v) is 18.1. The third-order valence-electron chi connectivity index (χ3n) is 5.76. The lowest BCUT2D eigenvalue weighted by Gasteiger charge is -2.12. The van der Waals surface area contributed by atoms with Crippen LogP contribution in [0.3, 0.4) is 0 Å². The van der Waals surface area contributed by atoms with Gasteiger partial charge >= 0.3 is 0 Å². The molecule has 3 heteroatoms. The molecule has 154 valence electrons. The minimum atomic E-state index is -0.322. The number of hydrogen-bond donors (Lipinski definition) is 1. The maximum absolute atomic E-state index is 12.2. The van der Waals surface area contributed by atoms with Gasteiger partial charge in [0.1, 0.15) is 0 Å². The van der Waals surface area contributed by atoms with Gasteiger partial charge in [0.2, 0.25) is 0 Å². The molecule has 3 nitrogen and oxygen atoms in total. The van der Waals surface area contributed by atoms with E-state index >= 15 is 0 Å². The van der Waals surface area contributed by atoms with E-state index in [-0.39, 0.29) is 5.91 Å². The van der Waals surface area contributed by atoms with Crippen molar-refractivity contribution in [2.24, 2.45) is 5.73 Å². The summed E-state index contributed by atoms with van der Waals surface area (Å²) in [5.74, 6) is -0.322. The van der Waals surface area contributed by atoms with Gasteiger partial charge in [0.25, 0.3) is 5.91 Å². The smallest absolute Gasteiger partial charge is 0.251 e. The highest BCUT2D eigenvalue weighted by Crippen LogP contribution is 2.33. The molecule has 0 spiro atoms. The van der Waals surface area contributed by atoms with E-state index in [9.17, 15) is 4.79 Å². The van der Waals surface area contributed by atoms with Gasteiger partial charge in [0, 0.05) is 23.5 Å². The molecule has 0 radical (unpaired) electrons. The highest BCUT2D eigenvalue weighted by molar-refractivity contribution is 6.02. The number of carbonyl (C=O) groups is 1. The predicted octanol–water partition coefficient (Wildman–Crippen LogP) is 6.66. The molecule has 28 heavy (non-hydrogen) atoms. The van der Waals surface area contributed by atoms with Gasteiger partial charge in [-0.1, -0.05) is 95.5 Å². The number of aromatic nitrogens is 1. The van der Waals surface area contributed by atoms with E-state index in [0.29, 0.717) is 5.56 Å². The van der Waals surface area contributed by atoms with Crippen LogP contribution in [0.25, 0.3) is 11.1 Å². The van der Waals surface area contributed by atoms with Crippen LogP contribution < -0.4 is 5.73 Å². The summed E-state index contributed by atoms with van der Waals surface area (Å²) in [6.45, 7) is 7.44. The normalized spacial score (nSPS) is 11.1. The first-order chi connectivity index (χ1) is 13.6. The number of amides is 1. The Hall–Kier alpha value is -2.03.